The SMILES string of the molecule is CCc1ccc(O[C@@H](C)C(=O)NCc2nnc(SCC(=O)Nc3ccccc3CC)n2CC)cc1. The molecule has 0 spiro atoms. The third kappa shape index (κ3) is 7.32. The summed E-state index contributed by atoms with van der Waals surface area (Å²) in [7, 11) is 0. The Bertz CT molecular complexity index is 1130. The topological polar surface area (TPSA) is 98.1 Å². The Morgan fingerprint density at radius 3 is 2.46 bits per heavy atom. The first-order valence-corrected chi connectivity index (χ1v) is 12.9. The number of thioether (sulfide) groups is 1. The maximum absolute atomic E-state index is 12.5. The van der Waals surface area contributed by atoms with Crippen LogP contribution >= 0.6 is 11.8 Å². The molecular formula is C26H33N5O3S. The minimum Gasteiger partial charge on any atom is -0.481 e. The molecule has 0 fully saturated rings. The number of anilines is 1. The molecule has 0 bridgehead atoms. The molecule has 1 atom stereocenters. The number of rotatable bonds is 12. The third-order valence-electron chi connectivity index (χ3n) is 5.55. The summed E-state index contributed by atoms with van der Waals surface area (Å²) in [5.41, 5.74) is 3.14. The molecule has 0 radical (unpaired) electrons. The summed E-state index contributed by atoms with van der Waals surface area (Å²) in [5.74, 6) is 1.15. The van der Waals surface area contributed by atoms with E-state index in [1.54, 1.807) is 6.92 Å². The normalized spacial score (nSPS) is 11.7. The van der Waals surface area contributed by atoms with Crippen molar-refractivity contribution in [3.05, 3.63) is 65.5 Å². The van der Waals surface area contributed by atoms with Gasteiger partial charge in [0, 0.05) is 12.2 Å². The van der Waals surface area contributed by atoms with Crippen molar-refractivity contribution in [3.63, 3.8) is 0 Å². The highest BCUT2D eigenvalue weighted by Gasteiger charge is 2.18. The lowest BCUT2D eigenvalue weighted by Crippen LogP contribution is -2.36. The zero-order chi connectivity index (χ0) is 25.2. The molecule has 0 saturated carbocycles. The minimum atomic E-state index is -0.649. The zero-order valence-corrected chi connectivity index (χ0v) is 21.5. The fraction of sp³-hybridized carbons (Fsp3) is 0.385. The molecule has 2 amide bonds. The number of benzene rings is 2. The number of ether oxygens (including phenoxy) is 1. The molecule has 0 aliphatic heterocycles. The van der Waals surface area contributed by atoms with Gasteiger partial charge in [-0.25, -0.2) is 0 Å². The molecule has 1 aromatic heterocycles. The van der Waals surface area contributed by atoms with Crippen molar-refractivity contribution in [2.45, 2.75) is 64.9 Å². The van der Waals surface area contributed by atoms with Gasteiger partial charge < -0.3 is 19.9 Å². The van der Waals surface area contributed by atoms with E-state index in [-0.39, 0.29) is 24.1 Å². The second-order valence-corrected chi connectivity index (χ2v) is 8.91. The van der Waals surface area contributed by atoms with Gasteiger partial charge in [-0.3, -0.25) is 9.59 Å². The molecule has 0 aliphatic carbocycles. The molecule has 3 aromatic rings. The fourth-order valence-electron chi connectivity index (χ4n) is 3.51. The van der Waals surface area contributed by atoms with E-state index >= 15 is 0 Å². The van der Waals surface area contributed by atoms with Crippen LogP contribution in [0.2, 0.25) is 0 Å². The Morgan fingerprint density at radius 2 is 1.77 bits per heavy atom. The number of para-hydroxylation sites is 1. The monoisotopic (exact) mass is 495 g/mol. The van der Waals surface area contributed by atoms with Crippen LogP contribution in [0.1, 0.15) is 44.6 Å². The average Bonchev–Trinajstić information content (AvgIpc) is 3.28. The molecule has 1 heterocycles. The van der Waals surface area contributed by atoms with Crippen LogP contribution < -0.4 is 15.4 Å². The molecule has 0 saturated heterocycles. The van der Waals surface area contributed by atoms with Crippen molar-refractivity contribution in [2.75, 3.05) is 11.1 Å². The fourth-order valence-corrected chi connectivity index (χ4v) is 4.33. The number of hydrogen-bond acceptors (Lipinski definition) is 6. The van der Waals surface area contributed by atoms with Crippen LogP contribution in [0.25, 0.3) is 0 Å². The van der Waals surface area contributed by atoms with E-state index in [1.807, 2.05) is 60.0 Å². The number of hydrogen-bond donors (Lipinski definition) is 2. The quantitative estimate of drug-likeness (QED) is 0.365. The van der Waals surface area contributed by atoms with Gasteiger partial charge in [0.15, 0.2) is 17.1 Å². The Balaban J connectivity index is 1.52. The van der Waals surface area contributed by atoms with Crippen molar-refractivity contribution in [2.24, 2.45) is 0 Å². The van der Waals surface area contributed by atoms with Gasteiger partial charge in [-0.1, -0.05) is 55.9 Å². The maximum atomic E-state index is 12.5. The molecule has 0 unspecified atom stereocenters. The summed E-state index contributed by atoms with van der Waals surface area (Å²) in [6.07, 6.45) is 1.15. The number of carbonyl (C=O) groups excluding carboxylic acids is 2. The van der Waals surface area contributed by atoms with Crippen LogP contribution in [0.4, 0.5) is 5.69 Å². The van der Waals surface area contributed by atoms with Crippen LogP contribution in [0.15, 0.2) is 53.7 Å². The molecule has 3 rings (SSSR count). The highest BCUT2D eigenvalue weighted by molar-refractivity contribution is 7.99. The molecular weight excluding hydrogens is 462 g/mol. The van der Waals surface area contributed by atoms with E-state index in [2.05, 4.69) is 34.7 Å². The van der Waals surface area contributed by atoms with Crippen LogP contribution in [-0.2, 0) is 35.5 Å². The summed E-state index contributed by atoms with van der Waals surface area (Å²) < 4.78 is 7.65. The predicted molar refractivity (Wildman–Crippen MR) is 139 cm³/mol. The molecule has 8 nitrogen and oxygen atoms in total. The lowest BCUT2D eigenvalue weighted by atomic mass is 10.1. The Morgan fingerprint density at radius 1 is 1.03 bits per heavy atom. The van der Waals surface area contributed by atoms with Crippen LogP contribution in [0, 0.1) is 0 Å². The van der Waals surface area contributed by atoms with Crippen molar-refractivity contribution < 1.29 is 14.3 Å². The van der Waals surface area contributed by atoms with Crippen LogP contribution in [0.5, 0.6) is 5.75 Å². The number of nitrogens with one attached hydrogen (secondary N) is 2. The van der Waals surface area contributed by atoms with Gasteiger partial charge in [0.1, 0.15) is 5.75 Å². The van der Waals surface area contributed by atoms with Gasteiger partial charge in [-0.2, -0.15) is 0 Å². The first-order chi connectivity index (χ1) is 16.9. The standard InChI is InChI=1S/C26H33N5O3S/c1-5-19-12-14-21(15-13-19)34-18(4)25(33)27-16-23-29-30-26(31(23)7-3)35-17-24(32)28-22-11-9-8-10-20(22)6-2/h8-15,18H,5-7,16-17H2,1-4H3,(H,27,33)(H,28,32)/t18-/m0/s1. The summed E-state index contributed by atoms with van der Waals surface area (Å²) in [6, 6.07) is 15.5. The van der Waals surface area contributed by atoms with E-state index in [0.717, 1.165) is 24.1 Å². The second-order valence-electron chi connectivity index (χ2n) is 7.97. The third-order valence-corrected chi connectivity index (χ3v) is 6.52. The van der Waals surface area contributed by atoms with Crippen molar-refractivity contribution in [3.8, 4) is 5.75 Å². The van der Waals surface area contributed by atoms with Crippen molar-refractivity contribution in [1.82, 2.24) is 20.1 Å². The number of aryl methyl sites for hydroxylation is 2. The summed E-state index contributed by atoms with van der Waals surface area (Å²) in [6.45, 7) is 8.67. The first kappa shape index (κ1) is 26.3. The second kappa shape index (κ2) is 12.9. The molecule has 0 aliphatic rings. The highest BCUT2D eigenvalue weighted by atomic mass is 32.2. The lowest BCUT2D eigenvalue weighted by molar-refractivity contribution is -0.127. The van der Waals surface area contributed by atoms with Crippen molar-refractivity contribution in [1.29, 1.82) is 0 Å². The summed E-state index contributed by atoms with van der Waals surface area (Å²) >= 11 is 1.32. The summed E-state index contributed by atoms with van der Waals surface area (Å²) in [4.78, 5) is 25.0. The van der Waals surface area contributed by atoms with E-state index < -0.39 is 6.10 Å². The van der Waals surface area contributed by atoms with E-state index in [9.17, 15) is 9.59 Å². The van der Waals surface area contributed by atoms with E-state index in [1.165, 1.54) is 17.3 Å². The molecule has 35 heavy (non-hydrogen) atoms. The van der Waals surface area contributed by atoms with Gasteiger partial charge in [0.2, 0.25) is 5.91 Å². The molecule has 9 heteroatoms. The van der Waals surface area contributed by atoms with Gasteiger partial charge in [0.25, 0.3) is 5.91 Å². The smallest absolute Gasteiger partial charge is 0.261 e. The zero-order valence-electron chi connectivity index (χ0n) is 20.7. The Labute approximate surface area is 210 Å². The minimum absolute atomic E-state index is 0.102. The molecule has 2 aromatic carbocycles. The summed E-state index contributed by atoms with van der Waals surface area (Å²) in [5, 5.41) is 14.9. The van der Waals surface area contributed by atoms with Crippen LogP contribution in [-0.4, -0.2) is 38.4 Å². The largest absolute Gasteiger partial charge is 0.481 e. The number of nitrogens with zero attached hydrogens (tertiary/aromatic N) is 3. The van der Waals surface area contributed by atoms with E-state index in [4.69, 9.17) is 4.74 Å². The van der Waals surface area contributed by atoms with Gasteiger partial charge in [0.05, 0.1) is 12.3 Å². The van der Waals surface area contributed by atoms with Crippen LogP contribution in [0.3, 0.4) is 0 Å². The highest BCUT2D eigenvalue weighted by Crippen LogP contribution is 2.20. The molecule has 186 valence electrons. The van der Waals surface area contributed by atoms with Gasteiger partial charge in [-0.15, -0.1) is 10.2 Å². The van der Waals surface area contributed by atoms with Crippen molar-refractivity contribution >= 4 is 29.3 Å². The van der Waals surface area contributed by atoms with E-state index in [0.29, 0.717) is 23.3 Å². The maximum Gasteiger partial charge on any atom is 0.261 e. The first-order valence-electron chi connectivity index (χ1n) is 11.9. The number of aromatic nitrogens is 3. The average molecular weight is 496 g/mol. The Kier molecular flexibility index (Phi) is 9.72. The molecule has 2 N–H and O–H groups in total. The number of amides is 2. The lowest BCUT2D eigenvalue weighted by Gasteiger charge is -2.15. The Hall–Kier alpha value is -3.33. The van der Waals surface area contributed by atoms with Gasteiger partial charge >= 0.3 is 0 Å². The number of carbonyl (C=O) groups is 2. The van der Waals surface area contributed by atoms with Gasteiger partial charge in [-0.05, 0) is 56.0 Å². The predicted octanol–water partition coefficient (Wildman–Crippen LogP) is 4.24.